The quantitative estimate of drug-likeness (QED) is 0.327. The Bertz CT molecular complexity index is 392. The van der Waals surface area contributed by atoms with Crippen LogP contribution in [-0.4, -0.2) is 47.8 Å². The minimum atomic E-state index is -1.50. The lowest BCUT2D eigenvalue weighted by molar-refractivity contribution is -0.202. The first kappa shape index (κ1) is 12.1. The predicted octanol–water partition coefficient (Wildman–Crippen LogP) is 0.105. The first-order valence-electron chi connectivity index (χ1n) is 5.16. The van der Waals surface area contributed by atoms with Crippen molar-refractivity contribution in [2.24, 2.45) is 5.11 Å². The van der Waals surface area contributed by atoms with Crippen molar-refractivity contribution in [2.45, 2.75) is 37.4 Å². The summed E-state index contributed by atoms with van der Waals surface area (Å²) in [4.78, 5) is 14.3. The molecule has 0 radical (unpaired) electrons. The van der Waals surface area contributed by atoms with Gasteiger partial charge in [-0.1, -0.05) is 5.11 Å². The zero-order valence-corrected chi connectivity index (χ0v) is 9.49. The molecule has 2 rings (SSSR count). The van der Waals surface area contributed by atoms with Crippen LogP contribution in [0, 0.1) is 0 Å². The van der Waals surface area contributed by atoms with Crippen molar-refractivity contribution in [1.29, 1.82) is 0 Å². The molecular weight excluding hydrogens is 230 g/mol. The first-order chi connectivity index (χ1) is 7.95. The highest BCUT2D eigenvalue weighted by atomic mass is 16.8. The van der Waals surface area contributed by atoms with Crippen LogP contribution < -0.4 is 0 Å². The highest BCUT2D eigenvalue weighted by Crippen LogP contribution is 2.43. The van der Waals surface area contributed by atoms with E-state index in [2.05, 4.69) is 10.0 Å². The summed E-state index contributed by atoms with van der Waals surface area (Å²) in [6, 6.07) is 0. The molecule has 1 N–H and O–H groups in total. The van der Waals surface area contributed by atoms with Crippen molar-refractivity contribution in [2.75, 3.05) is 13.2 Å². The van der Waals surface area contributed by atoms with E-state index in [1.807, 2.05) is 0 Å². The first-order valence-corrected chi connectivity index (χ1v) is 5.16. The molecule has 94 valence electrons. The minimum absolute atomic E-state index is 0.0475. The number of nitrogens with zero attached hydrogens (tertiary/aromatic N) is 3. The molecule has 17 heavy (non-hydrogen) atoms. The Kier molecular flexibility index (Phi) is 2.75. The number of cyclic esters (lactones) is 1. The van der Waals surface area contributed by atoms with E-state index in [-0.39, 0.29) is 6.54 Å². The number of aliphatic hydroxyl groups excluding tert-OH is 1. The lowest BCUT2D eigenvalue weighted by Gasteiger charge is -2.22. The maximum absolute atomic E-state index is 11.7. The summed E-state index contributed by atoms with van der Waals surface area (Å²) in [5.41, 5.74) is 6.75. The van der Waals surface area contributed by atoms with Crippen molar-refractivity contribution in [1.82, 2.24) is 0 Å². The number of esters is 1. The number of carbonyl (C=O) groups is 1. The molecule has 3 atom stereocenters. The van der Waals surface area contributed by atoms with Crippen molar-refractivity contribution >= 4 is 5.97 Å². The summed E-state index contributed by atoms with van der Waals surface area (Å²) < 4.78 is 16.0. The van der Waals surface area contributed by atoms with Crippen molar-refractivity contribution in [3.8, 4) is 0 Å². The molecular formula is C9H13N3O5. The van der Waals surface area contributed by atoms with Gasteiger partial charge in [0.05, 0.1) is 13.2 Å². The standard InChI is InChI=1S/C9H13N3O5/c1-8(2)16-6-5(3-11-12-10)15-7(14)9(6,4-13)17-8/h5-6,13H,3-4H2,1-2H3/t5-,6+,9+/m1/s1. The van der Waals surface area contributed by atoms with Gasteiger partial charge in [-0.3, -0.25) is 0 Å². The van der Waals surface area contributed by atoms with Crippen molar-refractivity contribution < 1.29 is 24.1 Å². The number of aliphatic hydroxyl groups is 1. The van der Waals surface area contributed by atoms with E-state index >= 15 is 0 Å². The van der Waals surface area contributed by atoms with Gasteiger partial charge < -0.3 is 19.3 Å². The normalized spacial score (nSPS) is 38.4. The molecule has 0 saturated carbocycles. The van der Waals surface area contributed by atoms with Crippen molar-refractivity contribution in [3.63, 3.8) is 0 Å². The minimum Gasteiger partial charge on any atom is -0.457 e. The molecule has 2 heterocycles. The zero-order chi connectivity index (χ0) is 12.7. The van der Waals surface area contributed by atoms with Crippen LogP contribution in [0.25, 0.3) is 10.4 Å². The Hall–Kier alpha value is -1.34. The van der Waals surface area contributed by atoms with Gasteiger partial charge in [0.25, 0.3) is 0 Å². The van der Waals surface area contributed by atoms with Gasteiger partial charge in [0.15, 0.2) is 5.79 Å². The van der Waals surface area contributed by atoms with Crippen LogP contribution in [-0.2, 0) is 19.0 Å². The fourth-order valence-electron chi connectivity index (χ4n) is 2.19. The Balaban J connectivity index is 2.28. The van der Waals surface area contributed by atoms with Gasteiger partial charge >= 0.3 is 5.97 Å². The number of ether oxygens (including phenoxy) is 3. The number of azide groups is 1. The van der Waals surface area contributed by atoms with Gasteiger partial charge in [-0.25, -0.2) is 4.79 Å². The van der Waals surface area contributed by atoms with Crippen molar-refractivity contribution in [3.05, 3.63) is 10.4 Å². The Morgan fingerprint density at radius 1 is 1.59 bits per heavy atom. The largest absolute Gasteiger partial charge is 0.457 e. The van der Waals surface area contributed by atoms with Crippen LogP contribution in [0.1, 0.15) is 13.8 Å². The summed E-state index contributed by atoms with van der Waals surface area (Å²) in [6.45, 7) is 2.70. The number of fused-ring (bicyclic) bond motifs is 1. The lowest BCUT2D eigenvalue weighted by atomic mass is 9.97. The van der Waals surface area contributed by atoms with E-state index in [4.69, 9.17) is 19.7 Å². The molecule has 0 amide bonds. The van der Waals surface area contributed by atoms with E-state index in [1.54, 1.807) is 13.8 Å². The molecule has 8 heteroatoms. The maximum Gasteiger partial charge on any atom is 0.344 e. The summed E-state index contributed by atoms with van der Waals surface area (Å²) in [5.74, 6) is -1.67. The smallest absolute Gasteiger partial charge is 0.344 e. The average molecular weight is 243 g/mol. The Labute approximate surface area is 97.1 Å². The lowest BCUT2D eigenvalue weighted by Crippen LogP contribution is -2.48. The average Bonchev–Trinajstić information content (AvgIpc) is 2.68. The van der Waals surface area contributed by atoms with E-state index in [0.29, 0.717) is 0 Å². The summed E-state index contributed by atoms with van der Waals surface area (Å²) in [7, 11) is 0. The topological polar surface area (TPSA) is 114 Å². The van der Waals surface area contributed by atoms with Gasteiger partial charge in [0, 0.05) is 4.91 Å². The highest BCUT2D eigenvalue weighted by molar-refractivity contribution is 5.84. The van der Waals surface area contributed by atoms with Crippen LogP contribution in [0.5, 0.6) is 0 Å². The summed E-state index contributed by atoms with van der Waals surface area (Å²) in [6.07, 6.45) is -1.49. The molecule has 2 saturated heterocycles. The van der Waals surface area contributed by atoms with Gasteiger partial charge in [-0.2, -0.15) is 0 Å². The second kappa shape index (κ2) is 3.85. The Morgan fingerprint density at radius 3 is 2.88 bits per heavy atom. The summed E-state index contributed by atoms with van der Waals surface area (Å²) in [5, 5.41) is 12.7. The molecule has 0 aromatic heterocycles. The van der Waals surface area contributed by atoms with E-state index < -0.39 is 36.2 Å². The van der Waals surface area contributed by atoms with Crippen LogP contribution in [0.3, 0.4) is 0 Å². The van der Waals surface area contributed by atoms with Crippen LogP contribution in [0.2, 0.25) is 0 Å². The van der Waals surface area contributed by atoms with E-state index in [9.17, 15) is 9.90 Å². The molecule has 0 unspecified atom stereocenters. The fraction of sp³-hybridized carbons (Fsp3) is 0.889. The van der Waals surface area contributed by atoms with Gasteiger partial charge in [0.2, 0.25) is 5.60 Å². The second-order valence-electron chi connectivity index (χ2n) is 4.45. The molecule has 0 aromatic rings. The SMILES string of the molecule is CC1(C)O[C@H]2[C@@H](CN=[N+]=[N-])OC(=O)[C@@]2(CO)O1. The molecule has 8 nitrogen and oxygen atoms in total. The molecule has 2 aliphatic heterocycles. The van der Waals surface area contributed by atoms with Gasteiger partial charge in [-0.15, -0.1) is 0 Å². The monoisotopic (exact) mass is 243 g/mol. The third-order valence-corrected chi connectivity index (χ3v) is 2.80. The molecule has 0 aromatic carbocycles. The van der Waals surface area contributed by atoms with Crippen LogP contribution >= 0.6 is 0 Å². The highest BCUT2D eigenvalue weighted by Gasteiger charge is 2.66. The predicted molar refractivity (Wildman–Crippen MR) is 53.7 cm³/mol. The van der Waals surface area contributed by atoms with Crippen LogP contribution in [0.15, 0.2) is 5.11 Å². The van der Waals surface area contributed by atoms with E-state index in [1.165, 1.54) is 0 Å². The third-order valence-electron chi connectivity index (χ3n) is 2.80. The molecule has 0 bridgehead atoms. The fourth-order valence-corrected chi connectivity index (χ4v) is 2.19. The molecule has 0 spiro atoms. The Morgan fingerprint density at radius 2 is 2.29 bits per heavy atom. The number of hydrogen-bond acceptors (Lipinski definition) is 6. The van der Waals surface area contributed by atoms with Crippen LogP contribution in [0.4, 0.5) is 0 Å². The zero-order valence-electron chi connectivity index (χ0n) is 9.49. The molecule has 0 aliphatic carbocycles. The van der Waals surface area contributed by atoms with E-state index in [0.717, 1.165) is 0 Å². The number of rotatable bonds is 3. The van der Waals surface area contributed by atoms with Gasteiger partial charge in [0.1, 0.15) is 12.2 Å². The molecule has 2 fully saturated rings. The number of hydrogen-bond donors (Lipinski definition) is 1. The third kappa shape index (κ3) is 1.75. The summed E-state index contributed by atoms with van der Waals surface area (Å²) >= 11 is 0. The maximum atomic E-state index is 11.7. The second-order valence-corrected chi connectivity index (χ2v) is 4.45. The van der Waals surface area contributed by atoms with Gasteiger partial charge in [-0.05, 0) is 19.4 Å². The number of carbonyl (C=O) groups excluding carboxylic acids is 1. The molecule has 2 aliphatic rings.